The van der Waals surface area contributed by atoms with Gasteiger partial charge in [0.25, 0.3) is 0 Å². The first-order chi connectivity index (χ1) is 8.51. The Bertz CT molecular complexity index is 227. The van der Waals surface area contributed by atoms with Crippen molar-refractivity contribution in [2.45, 2.75) is 65.0 Å². The third kappa shape index (κ3) is 4.52. The summed E-state index contributed by atoms with van der Waals surface area (Å²) in [5.41, 5.74) is 6.19. The Kier molecular flexibility index (Phi) is 6.61. The molecule has 2 atom stereocenters. The molecule has 1 aliphatic rings. The van der Waals surface area contributed by atoms with Gasteiger partial charge in [-0.3, -0.25) is 4.90 Å². The minimum absolute atomic E-state index is 0.130. The van der Waals surface area contributed by atoms with E-state index in [1.54, 1.807) is 0 Å². The molecule has 108 valence electrons. The maximum Gasteiger partial charge on any atom is 0.0703 e. The maximum absolute atomic E-state index is 6.06. The Hall–Kier alpha value is -0.120. The van der Waals surface area contributed by atoms with Crippen molar-refractivity contribution in [2.75, 3.05) is 26.2 Å². The lowest BCUT2D eigenvalue weighted by atomic mass is 9.89. The van der Waals surface area contributed by atoms with Crippen molar-refractivity contribution in [3.05, 3.63) is 0 Å². The molecule has 0 aliphatic carbocycles. The zero-order valence-electron chi connectivity index (χ0n) is 12.7. The average Bonchev–Trinajstić information content (AvgIpc) is 2.86. The quantitative estimate of drug-likeness (QED) is 0.725. The summed E-state index contributed by atoms with van der Waals surface area (Å²) in [6, 6.07) is 0. The van der Waals surface area contributed by atoms with Crippen molar-refractivity contribution in [3.8, 4) is 0 Å². The molecule has 3 nitrogen and oxygen atoms in total. The summed E-state index contributed by atoms with van der Waals surface area (Å²) in [5.74, 6) is 0.748. The standard InChI is InChI=1S/C15H32N2O/c1-5-17(11-14-7-6-10-18-14)15(4,12-16)9-8-13(2)3/h13-14H,5-12,16H2,1-4H3. The molecule has 0 aromatic heterocycles. The van der Waals surface area contributed by atoms with E-state index in [9.17, 15) is 0 Å². The monoisotopic (exact) mass is 256 g/mol. The molecule has 1 fully saturated rings. The van der Waals surface area contributed by atoms with E-state index in [0.29, 0.717) is 6.10 Å². The van der Waals surface area contributed by atoms with Crippen LogP contribution in [0.15, 0.2) is 0 Å². The number of nitrogens with zero attached hydrogens (tertiary/aromatic N) is 1. The average molecular weight is 256 g/mol. The summed E-state index contributed by atoms with van der Waals surface area (Å²) in [6.07, 6.45) is 5.28. The fraction of sp³-hybridized carbons (Fsp3) is 1.00. The van der Waals surface area contributed by atoms with Gasteiger partial charge < -0.3 is 10.5 Å². The highest BCUT2D eigenvalue weighted by Crippen LogP contribution is 2.25. The van der Waals surface area contributed by atoms with Crippen LogP contribution in [0, 0.1) is 5.92 Å². The summed E-state index contributed by atoms with van der Waals surface area (Å²) < 4.78 is 5.77. The second kappa shape index (κ2) is 7.46. The topological polar surface area (TPSA) is 38.5 Å². The summed E-state index contributed by atoms with van der Waals surface area (Å²) in [4.78, 5) is 2.53. The van der Waals surface area contributed by atoms with Crippen LogP contribution in [0.2, 0.25) is 0 Å². The lowest BCUT2D eigenvalue weighted by molar-refractivity contribution is 0.0255. The van der Waals surface area contributed by atoms with Crippen LogP contribution < -0.4 is 5.73 Å². The second-order valence-electron chi connectivity index (χ2n) is 6.31. The van der Waals surface area contributed by atoms with Gasteiger partial charge in [-0.05, 0) is 45.1 Å². The van der Waals surface area contributed by atoms with Crippen LogP contribution in [0.1, 0.15) is 53.4 Å². The van der Waals surface area contributed by atoms with Crippen LogP contribution >= 0.6 is 0 Å². The van der Waals surface area contributed by atoms with E-state index in [2.05, 4.69) is 32.6 Å². The van der Waals surface area contributed by atoms with Crippen LogP contribution in [0.3, 0.4) is 0 Å². The maximum atomic E-state index is 6.06. The van der Waals surface area contributed by atoms with Gasteiger partial charge in [0.1, 0.15) is 0 Å². The molecule has 0 aromatic carbocycles. The first-order valence-electron chi connectivity index (χ1n) is 7.58. The van der Waals surface area contributed by atoms with Gasteiger partial charge >= 0.3 is 0 Å². The minimum atomic E-state index is 0.130. The predicted octanol–water partition coefficient (Wildman–Crippen LogP) is 2.64. The number of nitrogens with two attached hydrogens (primary N) is 1. The van der Waals surface area contributed by atoms with Crippen molar-refractivity contribution in [2.24, 2.45) is 11.7 Å². The molecule has 0 saturated carbocycles. The minimum Gasteiger partial charge on any atom is -0.377 e. The van der Waals surface area contributed by atoms with Crippen LogP contribution in [0.5, 0.6) is 0 Å². The summed E-state index contributed by atoms with van der Waals surface area (Å²) in [6.45, 7) is 12.9. The third-order valence-corrected chi connectivity index (χ3v) is 4.29. The normalized spacial score (nSPS) is 23.8. The molecule has 18 heavy (non-hydrogen) atoms. The Labute approximate surface area is 113 Å². The first-order valence-corrected chi connectivity index (χ1v) is 7.58. The fourth-order valence-corrected chi connectivity index (χ4v) is 2.75. The van der Waals surface area contributed by atoms with Crippen LogP contribution in [0.4, 0.5) is 0 Å². The SMILES string of the molecule is CCN(CC1CCCO1)C(C)(CN)CCC(C)C. The highest BCUT2D eigenvalue weighted by molar-refractivity contribution is 4.89. The zero-order chi connectivity index (χ0) is 13.6. The van der Waals surface area contributed by atoms with E-state index >= 15 is 0 Å². The van der Waals surface area contributed by atoms with Gasteiger partial charge in [0.2, 0.25) is 0 Å². The highest BCUT2D eigenvalue weighted by atomic mass is 16.5. The molecule has 0 radical (unpaired) electrons. The van der Waals surface area contributed by atoms with E-state index in [1.807, 2.05) is 0 Å². The van der Waals surface area contributed by atoms with E-state index < -0.39 is 0 Å². The Morgan fingerprint density at radius 1 is 1.44 bits per heavy atom. The summed E-state index contributed by atoms with van der Waals surface area (Å²) >= 11 is 0. The first kappa shape index (κ1) is 15.9. The summed E-state index contributed by atoms with van der Waals surface area (Å²) in [5, 5.41) is 0. The lowest BCUT2D eigenvalue weighted by Gasteiger charge is -2.42. The van der Waals surface area contributed by atoms with E-state index in [4.69, 9.17) is 10.5 Å². The molecular formula is C15H32N2O. The number of ether oxygens (including phenoxy) is 1. The van der Waals surface area contributed by atoms with Crippen molar-refractivity contribution in [1.82, 2.24) is 4.90 Å². The predicted molar refractivity (Wildman–Crippen MR) is 77.8 cm³/mol. The Morgan fingerprint density at radius 2 is 2.17 bits per heavy atom. The fourth-order valence-electron chi connectivity index (χ4n) is 2.75. The number of rotatable bonds is 8. The van der Waals surface area contributed by atoms with Gasteiger partial charge in [0.15, 0.2) is 0 Å². The molecule has 1 heterocycles. The van der Waals surface area contributed by atoms with E-state index in [1.165, 1.54) is 25.7 Å². The van der Waals surface area contributed by atoms with Gasteiger partial charge in [0.05, 0.1) is 6.10 Å². The third-order valence-electron chi connectivity index (χ3n) is 4.29. The lowest BCUT2D eigenvalue weighted by Crippen LogP contribution is -2.54. The molecule has 1 saturated heterocycles. The number of likely N-dealkylation sites (N-methyl/N-ethyl adjacent to an activating group) is 1. The molecule has 2 unspecified atom stereocenters. The molecule has 2 N–H and O–H groups in total. The number of hydrogen-bond acceptors (Lipinski definition) is 3. The van der Waals surface area contributed by atoms with Crippen molar-refractivity contribution in [3.63, 3.8) is 0 Å². The molecule has 0 amide bonds. The van der Waals surface area contributed by atoms with Gasteiger partial charge in [-0.2, -0.15) is 0 Å². The van der Waals surface area contributed by atoms with Gasteiger partial charge in [-0.15, -0.1) is 0 Å². The van der Waals surface area contributed by atoms with Crippen LogP contribution in [0.25, 0.3) is 0 Å². The molecular weight excluding hydrogens is 224 g/mol. The molecule has 0 aromatic rings. The van der Waals surface area contributed by atoms with Crippen molar-refractivity contribution < 1.29 is 4.74 Å². The summed E-state index contributed by atoms with van der Waals surface area (Å²) in [7, 11) is 0. The second-order valence-corrected chi connectivity index (χ2v) is 6.31. The largest absolute Gasteiger partial charge is 0.377 e. The molecule has 3 heteroatoms. The molecule has 1 rings (SSSR count). The van der Waals surface area contributed by atoms with Crippen molar-refractivity contribution >= 4 is 0 Å². The zero-order valence-corrected chi connectivity index (χ0v) is 12.7. The van der Waals surface area contributed by atoms with Gasteiger partial charge in [-0.25, -0.2) is 0 Å². The van der Waals surface area contributed by atoms with Gasteiger partial charge in [0, 0.05) is 25.2 Å². The molecule has 1 aliphatic heterocycles. The van der Waals surface area contributed by atoms with Gasteiger partial charge in [-0.1, -0.05) is 20.8 Å². The number of hydrogen-bond donors (Lipinski definition) is 1. The van der Waals surface area contributed by atoms with E-state index in [0.717, 1.165) is 32.2 Å². The van der Waals surface area contributed by atoms with Crippen molar-refractivity contribution in [1.29, 1.82) is 0 Å². The highest BCUT2D eigenvalue weighted by Gasteiger charge is 2.31. The smallest absolute Gasteiger partial charge is 0.0703 e. The van der Waals surface area contributed by atoms with Crippen LogP contribution in [-0.4, -0.2) is 42.8 Å². The Morgan fingerprint density at radius 3 is 2.61 bits per heavy atom. The van der Waals surface area contributed by atoms with E-state index in [-0.39, 0.29) is 5.54 Å². The Balaban J connectivity index is 2.56. The molecule has 0 bridgehead atoms. The molecule has 0 spiro atoms. The van der Waals surface area contributed by atoms with Crippen LogP contribution in [-0.2, 0) is 4.74 Å².